The van der Waals surface area contributed by atoms with Crippen LogP contribution in [0.25, 0.3) is 0 Å². The van der Waals surface area contributed by atoms with Crippen molar-refractivity contribution in [3.63, 3.8) is 0 Å². The number of nitrogens with zero attached hydrogens (tertiary/aromatic N) is 1. The van der Waals surface area contributed by atoms with Gasteiger partial charge in [-0.05, 0) is 38.3 Å². The number of aliphatic imine (C=N–C) groups is 1. The van der Waals surface area contributed by atoms with Gasteiger partial charge in [-0.15, -0.1) is 24.0 Å². The molecule has 1 atom stereocenters. The number of sulfone groups is 1. The Morgan fingerprint density at radius 2 is 1.96 bits per heavy atom. The van der Waals surface area contributed by atoms with E-state index >= 15 is 0 Å². The molecule has 0 bridgehead atoms. The van der Waals surface area contributed by atoms with Gasteiger partial charge in [0.05, 0.1) is 17.3 Å². The molecule has 0 radical (unpaired) electrons. The van der Waals surface area contributed by atoms with E-state index in [2.05, 4.69) is 31.6 Å². The number of guanidine groups is 1. The van der Waals surface area contributed by atoms with Crippen LogP contribution in [0.3, 0.4) is 0 Å². The number of halogens is 2. The number of hydrogen-bond acceptors (Lipinski definition) is 4. The highest BCUT2D eigenvalue weighted by atomic mass is 127. The Morgan fingerprint density at radius 1 is 1.33 bits per heavy atom. The van der Waals surface area contributed by atoms with Gasteiger partial charge < -0.3 is 15.4 Å². The highest BCUT2D eigenvalue weighted by molar-refractivity contribution is 14.0. The molecule has 0 aliphatic carbocycles. The maximum Gasteiger partial charge on any atom is 0.191 e. The molecule has 154 valence electrons. The first-order chi connectivity index (χ1) is 12.3. The molecular weight excluding hydrogens is 545 g/mol. The Morgan fingerprint density at radius 3 is 2.52 bits per heavy atom. The van der Waals surface area contributed by atoms with Gasteiger partial charge in [0.25, 0.3) is 0 Å². The summed E-state index contributed by atoms with van der Waals surface area (Å²) >= 11 is 3.57. The van der Waals surface area contributed by atoms with E-state index < -0.39 is 14.6 Å². The largest absolute Gasteiger partial charge is 0.381 e. The van der Waals surface area contributed by atoms with Gasteiger partial charge in [0.15, 0.2) is 15.8 Å². The maximum absolute atomic E-state index is 12.4. The van der Waals surface area contributed by atoms with E-state index in [0.29, 0.717) is 38.6 Å². The van der Waals surface area contributed by atoms with Crippen LogP contribution >= 0.6 is 39.9 Å². The fourth-order valence-corrected chi connectivity index (χ4v) is 4.88. The number of ether oxygens (including phenoxy) is 1. The fourth-order valence-electron chi connectivity index (χ4n) is 3.04. The molecule has 1 aromatic carbocycles. The molecule has 0 aromatic heterocycles. The first-order valence-corrected chi connectivity index (χ1v) is 11.5. The van der Waals surface area contributed by atoms with Crippen molar-refractivity contribution in [2.24, 2.45) is 4.99 Å². The summed E-state index contributed by atoms with van der Waals surface area (Å²) in [6.45, 7) is 5.88. The number of nitrogens with one attached hydrogen (secondary N) is 2. The van der Waals surface area contributed by atoms with Crippen molar-refractivity contribution in [3.8, 4) is 0 Å². The van der Waals surface area contributed by atoms with Crippen molar-refractivity contribution < 1.29 is 13.2 Å². The lowest BCUT2D eigenvalue weighted by Crippen LogP contribution is -2.47. The summed E-state index contributed by atoms with van der Waals surface area (Å²) in [5.74, 6) is 0.616. The van der Waals surface area contributed by atoms with Crippen molar-refractivity contribution in [3.05, 3.63) is 34.3 Å². The normalized spacial score (nSPS) is 18.3. The smallest absolute Gasteiger partial charge is 0.191 e. The first kappa shape index (κ1) is 24.6. The third-order valence-electron chi connectivity index (χ3n) is 4.79. The molecule has 27 heavy (non-hydrogen) atoms. The number of benzene rings is 1. The van der Waals surface area contributed by atoms with Crippen LogP contribution in [-0.2, 0) is 14.6 Å². The Labute approximate surface area is 188 Å². The van der Waals surface area contributed by atoms with Crippen molar-refractivity contribution in [1.82, 2.24) is 10.6 Å². The lowest BCUT2D eigenvalue weighted by Gasteiger charge is -2.34. The summed E-state index contributed by atoms with van der Waals surface area (Å²) in [7, 11) is -3.24. The Balaban J connectivity index is 0.00000364. The van der Waals surface area contributed by atoms with Crippen LogP contribution in [0.15, 0.2) is 33.7 Å². The Kier molecular flexibility index (Phi) is 10.0. The van der Waals surface area contributed by atoms with E-state index in [9.17, 15) is 8.42 Å². The number of hydrogen-bond donors (Lipinski definition) is 2. The van der Waals surface area contributed by atoms with Gasteiger partial charge >= 0.3 is 0 Å². The first-order valence-electron chi connectivity index (χ1n) is 8.86. The zero-order valence-electron chi connectivity index (χ0n) is 16.0. The minimum Gasteiger partial charge on any atom is -0.381 e. The van der Waals surface area contributed by atoms with Crippen LogP contribution in [0.2, 0.25) is 0 Å². The molecular formula is C18H29BrIN3O3S. The minimum absolute atomic E-state index is 0. The molecule has 2 N–H and O–H groups in total. The van der Waals surface area contributed by atoms with Crippen LogP contribution < -0.4 is 10.6 Å². The maximum atomic E-state index is 12.4. The third-order valence-corrected chi connectivity index (χ3v) is 7.62. The molecule has 1 saturated heterocycles. The van der Waals surface area contributed by atoms with Gasteiger partial charge in [-0.3, -0.25) is 4.99 Å². The number of rotatable bonds is 6. The predicted molar refractivity (Wildman–Crippen MR) is 125 cm³/mol. The van der Waals surface area contributed by atoms with Crippen LogP contribution in [0.5, 0.6) is 0 Å². The van der Waals surface area contributed by atoms with E-state index in [1.54, 1.807) is 0 Å². The predicted octanol–water partition coefficient (Wildman–Crippen LogP) is 3.28. The summed E-state index contributed by atoms with van der Waals surface area (Å²) in [5, 5.41) is 6.57. The molecule has 1 aliphatic rings. The van der Waals surface area contributed by atoms with E-state index in [-0.39, 0.29) is 36.6 Å². The zero-order chi connectivity index (χ0) is 19.2. The van der Waals surface area contributed by atoms with Crippen molar-refractivity contribution in [1.29, 1.82) is 0 Å². The van der Waals surface area contributed by atoms with Crippen LogP contribution in [0.1, 0.15) is 38.3 Å². The topological polar surface area (TPSA) is 79.8 Å². The Hall–Kier alpha value is -0.390. The summed E-state index contributed by atoms with van der Waals surface area (Å²) in [6.07, 6.45) is 2.26. The molecule has 9 heteroatoms. The molecule has 1 heterocycles. The average molecular weight is 574 g/mol. The fraction of sp³-hybridized carbons (Fsp3) is 0.611. The molecule has 1 unspecified atom stereocenters. The van der Waals surface area contributed by atoms with Crippen molar-refractivity contribution >= 4 is 55.7 Å². The summed E-state index contributed by atoms with van der Waals surface area (Å²) in [6, 6.07) is 8.02. The van der Waals surface area contributed by atoms with Gasteiger partial charge in [-0.1, -0.05) is 34.1 Å². The molecule has 6 nitrogen and oxygen atoms in total. The molecule has 0 saturated carbocycles. The molecule has 2 rings (SSSR count). The van der Waals surface area contributed by atoms with E-state index in [0.717, 1.165) is 10.0 Å². The summed E-state index contributed by atoms with van der Waals surface area (Å²) < 4.78 is 30.3. The molecule has 1 aromatic rings. The van der Waals surface area contributed by atoms with Gasteiger partial charge in [0.2, 0.25) is 0 Å². The molecule has 0 amide bonds. The van der Waals surface area contributed by atoms with E-state index in [1.165, 1.54) is 6.26 Å². The highest BCUT2D eigenvalue weighted by Crippen LogP contribution is 2.30. The van der Waals surface area contributed by atoms with Gasteiger partial charge in [-0.25, -0.2) is 8.42 Å². The standard InChI is InChI=1S/C18H28BrN3O3S.HI/c1-4-20-17(22-14(2)15-7-5-6-8-16(15)19)21-13-18(26(3,23)24)9-11-25-12-10-18;/h5-8,14H,4,9-13H2,1-3H3,(H2,20,21,22);1H. The van der Waals surface area contributed by atoms with E-state index in [4.69, 9.17) is 4.74 Å². The highest BCUT2D eigenvalue weighted by Gasteiger charge is 2.42. The van der Waals surface area contributed by atoms with Crippen LogP contribution in [-0.4, -0.2) is 51.7 Å². The van der Waals surface area contributed by atoms with E-state index in [1.807, 2.05) is 38.1 Å². The van der Waals surface area contributed by atoms with Gasteiger partial charge in [0, 0.05) is 30.5 Å². The Bertz CT molecular complexity index is 737. The molecule has 0 spiro atoms. The van der Waals surface area contributed by atoms with Gasteiger partial charge in [-0.2, -0.15) is 0 Å². The SMILES string of the molecule is CCNC(=NCC1(S(C)(=O)=O)CCOCC1)NC(C)c1ccccc1Br.I. The van der Waals surface area contributed by atoms with Crippen molar-refractivity contribution in [2.45, 2.75) is 37.5 Å². The summed E-state index contributed by atoms with van der Waals surface area (Å²) in [4.78, 5) is 4.62. The third kappa shape index (κ3) is 6.57. The second-order valence-electron chi connectivity index (χ2n) is 6.65. The lowest BCUT2D eigenvalue weighted by molar-refractivity contribution is 0.0768. The van der Waals surface area contributed by atoms with Gasteiger partial charge in [0.1, 0.15) is 0 Å². The van der Waals surface area contributed by atoms with Crippen molar-refractivity contribution in [2.75, 3.05) is 32.6 Å². The lowest BCUT2D eigenvalue weighted by atomic mass is 9.99. The quantitative estimate of drug-likeness (QED) is 0.310. The minimum atomic E-state index is -3.24. The molecule has 1 fully saturated rings. The molecule has 1 aliphatic heterocycles. The van der Waals surface area contributed by atoms with Crippen LogP contribution in [0.4, 0.5) is 0 Å². The second kappa shape index (κ2) is 11.0. The summed E-state index contributed by atoms with van der Waals surface area (Å²) in [5.41, 5.74) is 1.11. The monoisotopic (exact) mass is 573 g/mol. The average Bonchev–Trinajstić information content (AvgIpc) is 2.60. The van der Waals surface area contributed by atoms with Crippen LogP contribution in [0, 0.1) is 0 Å². The second-order valence-corrected chi connectivity index (χ2v) is 9.91. The zero-order valence-corrected chi connectivity index (χ0v) is 20.7.